The Labute approximate surface area is 104 Å². The molecule has 0 saturated carbocycles. The third-order valence-electron chi connectivity index (χ3n) is 2.79. The van der Waals surface area contributed by atoms with Gasteiger partial charge in [-0.05, 0) is 24.6 Å². The summed E-state index contributed by atoms with van der Waals surface area (Å²) in [6.07, 6.45) is 0. The average Bonchev–Trinajstić information content (AvgIpc) is 2.76. The van der Waals surface area contributed by atoms with E-state index in [0.717, 1.165) is 10.5 Å². The van der Waals surface area contributed by atoms with Crippen molar-refractivity contribution in [3.8, 4) is 0 Å². The van der Waals surface area contributed by atoms with Gasteiger partial charge in [0.05, 0.1) is 6.54 Å². The van der Waals surface area contributed by atoms with Gasteiger partial charge in [-0.1, -0.05) is 6.07 Å². The van der Waals surface area contributed by atoms with Crippen molar-refractivity contribution in [1.82, 2.24) is 10.2 Å². The molecule has 0 aromatic heterocycles. The van der Waals surface area contributed by atoms with Crippen LogP contribution in [0.4, 0.5) is 14.9 Å². The topological polar surface area (TPSA) is 61.4 Å². The smallest absolute Gasteiger partial charge is 0.324 e. The number of hydrogen-bond acceptors (Lipinski definition) is 3. The van der Waals surface area contributed by atoms with E-state index in [2.05, 4.69) is 10.6 Å². The summed E-state index contributed by atoms with van der Waals surface area (Å²) < 4.78 is 13.0. The number of imide groups is 1. The van der Waals surface area contributed by atoms with Gasteiger partial charge >= 0.3 is 6.03 Å². The van der Waals surface area contributed by atoms with Crippen LogP contribution in [-0.4, -0.2) is 36.5 Å². The molecule has 0 unspecified atom stereocenters. The Kier molecular flexibility index (Phi) is 3.45. The molecular formula is C12H14FN3O2. The molecule has 1 fully saturated rings. The van der Waals surface area contributed by atoms with Gasteiger partial charge in [-0.3, -0.25) is 9.69 Å². The normalized spacial score (nSPS) is 14.6. The number of carbonyl (C=O) groups excluding carboxylic acids is 2. The molecule has 2 rings (SSSR count). The van der Waals surface area contributed by atoms with Crippen molar-refractivity contribution >= 4 is 17.6 Å². The maximum absolute atomic E-state index is 13.0. The molecule has 0 radical (unpaired) electrons. The summed E-state index contributed by atoms with van der Waals surface area (Å²) in [6, 6.07) is 3.94. The van der Waals surface area contributed by atoms with Crippen molar-refractivity contribution < 1.29 is 14.0 Å². The van der Waals surface area contributed by atoms with Crippen LogP contribution in [0.15, 0.2) is 18.2 Å². The lowest BCUT2D eigenvalue weighted by Crippen LogP contribution is -2.38. The van der Waals surface area contributed by atoms with Gasteiger partial charge in [0.2, 0.25) is 5.91 Å². The molecule has 0 aliphatic carbocycles. The largest absolute Gasteiger partial charge is 0.376 e. The number of amides is 3. The van der Waals surface area contributed by atoms with Crippen LogP contribution in [-0.2, 0) is 4.79 Å². The van der Waals surface area contributed by atoms with Crippen LogP contribution in [0.25, 0.3) is 0 Å². The van der Waals surface area contributed by atoms with Crippen LogP contribution in [0.1, 0.15) is 5.56 Å². The molecule has 1 aromatic rings. The van der Waals surface area contributed by atoms with Crippen LogP contribution in [0.2, 0.25) is 0 Å². The monoisotopic (exact) mass is 251 g/mol. The van der Waals surface area contributed by atoms with E-state index >= 15 is 0 Å². The summed E-state index contributed by atoms with van der Waals surface area (Å²) in [5.74, 6) is -0.692. The van der Waals surface area contributed by atoms with E-state index in [1.807, 2.05) is 6.92 Å². The summed E-state index contributed by atoms with van der Waals surface area (Å²) in [7, 11) is 0. The third-order valence-corrected chi connectivity index (χ3v) is 2.79. The van der Waals surface area contributed by atoms with Crippen LogP contribution < -0.4 is 10.6 Å². The van der Waals surface area contributed by atoms with E-state index in [4.69, 9.17) is 0 Å². The standard InChI is InChI=1S/C12H14FN3O2/c1-8-2-3-9(13)6-10(8)15-7-11(17)16-5-4-14-12(16)18/h2-3,6,15H,4-5,7H2,1H3,(H,14,18). The van der Waals surface area contributed by atoms with Crippen LogP contribution >= 0.6 is 0 Å². The van der Waals surface area contributed by atoms with E-state index < -0.39 is 0 Å². The molecule has 1 saturated heterocycles. The van der Waals surface area contributed by atoms with Gasteiger partial charge in [0, 0.05) is 18.8 Å². The number of halogens is 1. The molecule has 2 N–H and O–H groups in total. The molecule has 1 heterocycles. The second-order valence-corrected chi connectivity index (χ2v) is 4.09. The summed E-state index contributed by atoms with van der Waals surface area (Å²) in [5.41, 5.74) is 1.40. The first-order valence-corrected chi connectivity index (χ1v) is 5.66. The first kappa shape index (κ1) is 12.3. The predicted molar refractivity (Wildman–Crippen MR) is 64.7 cm³/mol. The molecule has 0 spiro atoms. The molecule has 3 amide bonds. The second-order valence-electron chi connectivity index (χ2n) is 4.09. The highest BCUT2D eigenvalue weighted by Gasteiger charge is 2.25. The van der Waals surface area contributed by atoms with E-state index in [-0.39, 0.29) is 24.3 Å². The van der Waals surface area contributed by atoms with Gasteiger partial charge in [0.1, 0.15) is 5.82 Å². The molecule has 1 aromatic carbocycles. The molecular weight excluding hydrogens is 237 g/mol. The van der Waals surface area contributed by atoms with Crippen molar-refractivity contribution in [1.29, 1.82) is 0 Å². The number of nitrogens with one attached hydrogen (secondary N) is 2. The summed E-state index contributed by atoms with van der Waals surface area (Å²) in [5, 5.41) is 5.39. The maximum Gasteiger partial charge on any atom is 0.324 e. The van der Waals surface area contributed by atoms with Crippen molar-refractivity contribution in [2.45, 2.75) is 6.92 Å². The molecule has 5 nitrogen and oxygen atoms in total. The number of aryl methyl sites for hydroxylation is 1. The molecule has 96 valence electrons. The van der Waals surface area contributed by atoms with Crippen LogP contribution in [0.5, 0.6) is 0 Å². The van der Waals surface area contributed by atoms with Gasteiger partial charge in [-0.2, -0.15) is 0 Å². The fraction of sp³-hybridized carbons (Fsp3) is 0.333. The molecule has 6 heteroatoms. The highest BCUT2D eigenvalue weighted by molar-refractivity contribution is 5.97. The highest BCUT2D eigenvalue weighted by atomic mass is 19.1. The Balaban J connectivity index is 1.97. The number of nitrogens with zero attached hydrogens (tertiary/aromatic N) is 1. The average molecular weight is 251 g/mol. The lowest BCUT2D eigenvalue weighted by atomic mass is 10.2. The zero-order valence-electron chi connectivity index (χ0n) is 10.00. The minimum atomic E-state index is -0.377. The number of hydrogen-bond donors (Lipinski definition) is 2. The molecule has 1 aliphatic rings. The van der Waals surface area contributed by atoms with E-state index in [9.17, 15) is 14.0 Å². The Hall–Kier alpha value is -2.11. The van der Waals surface area contributed by atoms with Crippen molar-refractivity contribution in [3.63, 3.8) is 0 Å². The minimum Gasteiger partial charge on any atom is -0.376 e. The summed E-state index contributed by atoms with van der Waals surface area (Å²) in [6.45, 7) is 2.64. The van der Waals surface area contributed by atoms with E-state index in [0.29, 0.717) is 18.8 Å². The van der Waals surface area contributed by atoms with Crippen molar-refractivity contribution in [2.24, 2.45) is 0 Å². The minimum absolute atomic E-state index is 0.0300. The van der Waals surface area contributed by atoms with E-state index in [1.165, 1.54) is 12.1 Å². The summed E-state index contributed by atoms with van der Waals surface area (Å²) in [4.78, 5) is 24.1. The fourth-order valence-electron chi connectivity index (χ4n) is 1.76. The Bertz CT molecular complexity index is 490. The first-order chi connectivity index (χ1) is 8.58. The van der Waals surface area contributed by atoms with Gasteiger partial charge < -0.3 is 10.6 Å². The van der Waals surface area contributed by atoms with Gasteiger partial charge in [-0.15, -0.1) is 0 Å². The quantitative estimate of drug-likeness (QED) is 0.845. The predicted octanol–water partition coefficient (Wildman–Crippen LogP) is 1.10. The number of urea groups is 1. The lowest BCUT2D eigenvalue weighted by Gasteiger charge is -2.14. The number of rotatable bonds is 3. The number of benzene rings is 1. The van der Waals surface area contributed by atoms with E-state index in [1.54, 1.807) is 6.07 Å². The van der Waals surface area contributed by atoms with Gasteiger partial charge in [0.25, 0.3) is 0 Å². The molecule has 0 atom stereocenters. The molecule has 0 bridgehead atoms. The van der Waals surface area contributed by atoms with Crippen LogP contribution in [0.3, 0.4) is 0 Å². The number of anilines is 1. The SMILES string of the molecule is Cc1ccc(F)cc1NCC(=O)N1CCNC1=O. The maximum atomic E-state index is 13.0. The second kappa shape index (κ2) is 5.03. The Morgan fingerprint density at radius 3 is 3.00 bits per heavy atom. The van der Waals surface area contributed by atoms with Gasteiger partial charge in [0.15, 0.2) is 0 Å². The number of carbonyl (C=O) groups is 2. The highest BCUT2D eigenvalue weighted by Crippen LogP contribution is 2.15. The molecule has 18 heavy (non-hydrogen) atoms. The zero-order chi connectivity index (χ0) is 13.1. The van der Waals surface area contributed by atoms with Gasteiger partial charge in [-0.25, -0.2) is 9.18 Å². The fourth-order valence-corrected chi connectivity index (χ4v) is 1.76. The van der Waals surface area contributed by atoms with Crippen molar-refractivity contribution in [3.05, 3.63) is 29.6 Å². The van der Waals surface area contributed by atoms with Crippen LogP contribution in [0, 0.1) is 12.7 Å². The first-order valence-electron chi connectivity index (χ1n) is 5.66. The zero-order valence-corrected chi connectivity index (χ0v) is 10.00. The lowest BCUT2D eigenvalue weighted by molar-refractivity contribution is -0.125. The Morgan fingerprint density at radius 2 is 2.33 bits per heavy atom. The van der Waals surface area contributed by atoms with Crippen molar-refractivity contribution in [2.75, 3.05) is 25.0 Å². The summed E-state index contributed by atoms with van der Waals surface area (Å²) >= 11 is 0. The molecule has 1 aliphatic heterocycles. The Morgan fingerprint density at radius 1 is 1.56 bits per heavy atom. The third kappa shape index (κ3) is 2.58.